The molecule has 2 fully saturated rings. The van der Waals surface area contributed by atoms with E-state index in [2.05, 4.69) is 30.3 Å². The van der Waals surface area contributed by atoms with Crippen LogP contribution < -0.4 is 15.4 Å². The van der Waals surface area contributed by atoms with Crippen molar-refractivity contribution < 1.29 is 23.4 Å². The molecule has 2 aromatic rings. The Morgan fingerprint density at radius 1 is 1.30 bits per heavy atom. The summed E-state index contributed by atoms with van der Waals surface area (Å²) in [6, 6.07) is -0.987. The first-order valence-corrected chi connectivity index (χ1v) is 12.6. The number of aliphatic hydroxyl groups excluding tert-OH is 2. The molecule has 0 radical (unpaired) electrons. The third kappa shape index (κ3) is 5.36. The maximum atomic E-state index is 12.7. The quantitative estimate of drug-likeness (QED) is 0.285. The van der Waals surface area contributed by atoms with Crippen molar-refractivity contribution in [3.05, 3.63) is 6.33 Å². The third-order valence-corrected chi connectivity index (χ3v) is 7.62. The van der Waals surface area contributed by atoms with E-state index in [0.717, 1.165) is 0 Å². The fraction of sp³-hybridized carbons (Fsp3) is 0.737. The normalized spacial score (nSPS) is 23.8. The van der Waals surface area contributed by atoms with Gasteiger partial charge in [-0.05, 0) is 26.7 Å². The number of imidazole rings is 1. The van der Waals surface area contributed by atoms with E-state index in [1.807, 2.05) is 11.5 Å². The molecule has 2 saturated heterocycles. The topological polar surface area (TPSA) is 167 Å². The molecule has 5 N–H and O–H groups in total. The molecule has 4 atom stereocenters. The number of hydrogen-bond acceptors (Lipinski definition) is 10. The molecule has 2 aromatic heterocycles. The summed E-state index contributed by atoms with van der Waals surface area (Å²) in [7, 11) is -3.61. The molecule has 0 unspecified atom stereocenters. The van der Waals surface area contributed by atoms with Crippen molar-refractivity contribution in [2.75, 3.05) is 43.5 Å². The van der Waals surface area contributed by atoms with Crippen LogP contribution in [0.3, 0.4) is 0 Å². The molecule has 14 heteroatoms. The Bertz CT molecular complexity index is 1060. The second-order valence-corrected chi connectivity index (χ2v) is 10.1. The first-order valence-electron chi connectivity index (χ1n) is 11.2. The van der Waals surface area contributed by atoms with Gasteiger partial charge >= 0.3 is 0 Å². The Hall–Kier alpha value is -2.10. The zero-order chi connectivity index (χ0) is 23.6. The van der Waals surface area contributed by atoms with Crippen LogP contribution in [0.4, 0.5) is 11.8 Å². The lowest BCUT2D eigenvalue weighted by Gasteiger charge is -2.21. The summed E-state index contributed by atoms with van der Waals surface area (Å²) in [6.07, 6.45) is 2.14. The molecule has 0 bridgehead atoms. The maximum absolute atomic E-state index is 12.7. The van der Waals surface area contributed by atoms with Crippen LogP contribution in [-0.4, -0.2) is 99.6 Å². The summed E-state index contributed by atoms with van der Waals surface area (Å²) in [4.78, 5) is 13.5. The number of nitrogens with one attached hydrogen (secondary N) is 3. The summed E-state index contributed by atoms with van der Waals surface area (Å²) >= 11 is 0. The predicted octanol–water partition coefficient (Wildman–Crippen LogP) is -0.891. The van der Waals surface area contributed by atoms with Crippen molar-refractivity contribution in [2.45, 2.75) is 57.5 Å². The van der Waals surface area contributed by atoms with E-state index in [-0.39, 0.29) is 24.6 Å². The van der Waals surface area contributed by atoms with E-state index in [9.17, 15) is 18.6 Å². The van der Waals surface area contributed by atoms with Crippen molar-refractivity contribution >= 4 is 33.1 Å². The predicted molar refractivity (Wildman–Crippen MR) is 122 cm³/mol. The lowest BCUT2D eigenvalue weighted by molar-refractivity contribution is 0.132. The fourth-order valence-electron chi connectivity index (χ4n) is 4.00. The lowest BCUT2D eigenvalue weighted by atomic mass is 10.2. The molecule has 33 heavy (non-hydrogen) atoms. The molecule has 2 aliphatic rings. The Balaban J connectivity index is 1.52. The molecule has 0 aliphatic carbocycles. The van der Waals surface area contributed by atoms with Gasteiger partial charge in [0, 0.05) is 38.3 Å². The Morgan fingerprint density at radius 3 is 2.79 bits per heavy atom. The minimum absolute atomic E-state index is 0.162. The number of ether oxygens (including phenoxy) is 1. The van der Waals surface area contributed by atoms with Gasteiger partial charge in [0.1, 0.15) is 0 Å². The Kier molecular flexibility index (Phi) is 7.31. The summed E-state index contributed by atoms with van der Waals surface area (Å²) in [6.45, 7) is 5.54. The van der Waals surface area contributed by atoms with Crippen molar-refractivity contribution in [2.24, 2.45) is 0 Å². The summed E-state index contributed by atoms with van der Waals surface area (Å²) < 4.78 is 36.8. The standard InChI is InChI=1S/C19H32N8O5S/c1-3-26-11-20-16-17(23-19(24-18(16)26)22-15(9-28)12(2)29)21-13-4-6-27(8-13)33(30,31)25-14-5-7-32-10-14/h11-15,25,28-29H,3-10H2,1-2H3,(H2,21,22,23,24)/t12-,13+,14-,15+/m1/s1. The molecule has 13 nitrogen and oxygen atoms in total. The highest BCUT2D eigenvalue weighted by Gasteiger charge is 2.34. The van der Waals surface area contributed by atoms with Crippen molar-refractivity contribution in [3.63, 3.8) is 0 Å². The number of aromatic nitrogens is 4. The van der Waals surface area contributed by atoms with E-state index in [1.165, 1.54) is 4.31 Å². The molecule has 4 rings (SSSR count). The average molecular weight is 485 g/mol. The summed E-state index contributed by atoms with van der Waals surface area (Å²) in [5, 5.41) is 25.7. The molecule has 0 aromatic carbocycles. The molecular formula is C19H32N8O5S. The Morgan fingerprint density at radius 2 is 2.12 bits per heavy atom. The van der Waals surface area contributed by atoms with Gasteiger partial charge in [0.2, 0.25) is 5.95 Å². The van der Waals surface area contributed by atoms with Crippen LogP contribution in [0.2, 0.25) is 0 Å². The lowest BCUT2D eigenvalue weighted by Crippen LogP contribution is -2.45. The van der Waals surface area contributed by atoms with Gasteiger partial charge in [0.15, 0.2) is 17.0 Å². The van der Waals surface area contributed by atoms with Crippen LogP contribution in [0, 0.1) is 0 Å². The Labute approximate surface area is 192 Å². The first-order chi connectivity index (χ1) is 15.8. The van der Waals surface area contributed by atoms with Crippen molar-refractivity contribution in [1.82, 2.24) is 28.5 Å². The first kappa shape index (κ1) is 24.0. The number of aliphatic hydroxyl groups is 2. The number of anilines is 2. The average Bonchev–Trinajstić information content (AvgIpc) is 3.52. The summed E-state index contributed by atoms with van der Waals surface area (Å²) in [5.41, 5.74) is 1.17. The van der Waals surface area contributed by atoms with E-state index < -0.39 is 22.4 Å². The van der Waals surface area contributed by atoms with Gasteiger partial charge in [-0.1, -0.05) is 0 Å². The minimum atomic E-state index is -3.61. The number of nitrogens with zero attached hydrogens (tertiary/aromatic N) is 5. The molecule has 0 saturated carbocycles. The molecule has 184 valence electrons. The highest BCUT2D eigenvalue weighted by molar-refractivity contribution is 7.87. The molecule has 4 heterocycles. The number of hydrogen-bond donors (Lipinski definition) is 5. The van der Waals surface area contributed by atoms with E-state index in [4.69, 9.17) is 4.74 Å². The maximum Gasteiger partial charge on any atom is 0.279 e. The van der Waals surface area contributed by atoms with Crippen LogP contribution in [0.5, 0.6) is 0 Å². The van der Waals surface area contributed by atoms with E-state index in [0.29, 0.717) is 62.7 Å². The van der Waals surface area contributed by atoms with Crippen LogP contribution in [-0.2, 0) is 21.5 Å². The van der Waals surface area contributed by atoms with Crippen LogP contribution in [0.25, 0.3) is 11.2 Å². The highest BCUT2D eigenvalue weighted by atomic mass is 32.2. The third-order valence-electron chi connectivity index (χ3n) is 5.98. The SMILES string of the molecule is CCn1cnc2c(N[C@H]3CCN(S(=O)(=O)N[C@@H]4CCOC4)C3)nc(N[C@@H](CO)[C@@H](C)O)nc21. The van der Waals surface area contributed by atoms with Gasteiger partial charge in [-0.25, -0.2) is 4.98 Å². The molecule has 0 amide bonds. The zero-order valence-corrected chi connectivity index (χ0v) is 19.6. The number of fused-ring (bicyclic) bond motifs is 1. The van der Waals surface area contributed by atoms with Crippen LogP contribution in [0.1, 0.15) is 26.7 Å². The van der Waals surface area contributed by atoms with Gasteiger partial charge in [0.05, 0.1) is 31.7 Å². The van der Waals surface area contributed by atoms with Gasteiger partial charge in [-0.15, -0.1) is 0 Å². The smallest absolute Gasteiger partial charge is 0.279 e. The fourth-order valence-corrected chi connectivity index (χ4v) is 5.47. The van der Waals surface area contributed by atoms with Crippen molar-refractivity contribution in [1.29, 1.82) is 0 Å². The zero-order valence-electron chi connectivity index (χ0n) is 18.8. The highest BCUT2D eigenvalue weighted by Crippen LogP contribution is 2.25. The molecular weight excluding hydrogens is 452 g/mol. The van der Waals surface area contributed by atoms with Crippen LogP contribution in [0.15, 0.2) is 6.33 Å². The second-order valence-electron chi connectivity index (χ2n) is 8.44. The number of aryl methyl sites for hydroxylation is 1. The van der Waals surface area contributed by atoms with Crippen molar-refractivity contribution in [3.8, 4) is 0 Å². The van der Waals surface area contributed by atoms with E-state index in [1.54, 1.807) is 13.3 Å². The molecule has 0 spiro atoms. The van der Waals surface area contributed by atoms with Gasteiger partial charge in [-0.3, -0.25) is 0 Å². The number of rotatable bonds is 10. The van der Waals surface area contributed by atoms with E-state index >= 15 is 0 Å². The summed E-state index contributed by atoms with van der Waals surface area (Å²) in [5.74, 6) is 0.712. The molecule has 2 aliphatic heterocycles. The van der Waals surface area contributed by atoms with Crippen LogP contribution >= 0.6 is 0 Å². The largest absolute Gasteiger partial charge is 0.394 e. The van der Waals surface area contributed by atoms with Gasteiger partial charge in [-0.2, -0.15) is 27.4 Å². The second kappa shape index (κ2) is 10.0. The van der Waals surface area contributed by atoms with Gasteiger partial charge < -0.3 is 30.2 Å². The monoisotopic (exact) mass is 484 g/mol. The van der Waals surface area contributed by atoms with Gasteiger partial charge in [0.25, 0.3) is 10.2 Å². The minimum Gasteiger partial charge on any atom is -0.394 e.